The van der Waals surface area contributed by atoms with Gasteiger partial charge >= 0.3 is 0 Å². The van der Waals surface area contributed by atoms with Crippen LogP contribution in [-0.4, -0.2) is 25.2 Å². The number of hydrogen-bond acceptors (Lipinski definition) is 3. The van der Waals surface area contributed by atoms with Gasteiger partial charge in [-0.05, 0) is 18.2 Å². The minimum Gasteiger partial charge on any atom is -0.377 e. The van der Waals surface area contributed by atoms with E-state index in [1.165, 1.54) is 0 Å². The molecule has 1 aliphatic heterocycles. The molecular weight excluding hydrogens is 240 g/mol. The van der Waals surface area contributed by atoms with Crippen molar-refractivity contribution in [1.82, 2.24) is 0 Å². The molecule has 1 aliphatic rings. The summed E-state index contributed by atoms with van der Waals surface area (Å²) in [7, 11) is 0. The largest absolute Gasteiger partial charge is 0.377 e. The van der Waals surface area contributed by atoms with E-state index in [1.807, 2.05) is 13.0 Å². The third-order valence-electron chi connectivity index (χ3n) is 2.57. The molecule has 0 aromatic heterocycles. The molecule has 0 atom stereocenters. The molecule has 1 aromatic carbocycles. The summed E-state index contributed by atoms with van der Waals surface area (Å²) in [4.78, 5) is 11.3. The quantitative estimate of drug-likeness (QED) is 0.868. The molecule has 0 bridgehead atoms. The Kier molecular flexibility index (Phi) is 3.86. The second-order valence-corrected chi connectivity index (χ2v) is 4.38. The van der Waals surface area contributed by atoms with Crippen LogP contribution in [-0.2, 0) is 9.53 Å². The van der Waals surface area contributed by atoms with Crippen LogP contribution in [0.1, 0.15) is 13.3 Å². The minimum absolute atomic E-state index is 0.00903. The number of carbonyl (C=O) groups is 1. The van der Waals surface area contributed by atoms with Crippen molar-refractivity contribution < 1.29 is 9.53 Å². The Bertz CT molecular complexity index is 419. The van der Waals surface area contributed by atoms with Gasteiger partial charge in [-0.3, -0.25) is 4.79 Å². The maximum Gasteiger partial charge on any atom is 0.224 e. The highest BCUT2D eigenvalue weighted by Gasteiger charge is 2.18. The van der Waals surface area contributed by atoms with Gasteiger partial charge in [0.25, 0.3) is 0 Å². The molecule has 0 saturated carbocycles. The first-order valence-corrected chi connectivity index (χ1v) is 6.00. The van der Waals surface area contributed by atoms with E-state index in [2.05, 4.69) is 10.6 Å². The number of amides is 1. The van der Waals surface area contributed by atoms with Crippen LogP contribution in [0.5, 0.6) is 0 Å². The fraction of sp³-hybridized carbons (Fsp3) is 0.417. The summed E-state index contributed by atoms with van der Waals surface area (Å²) in [5.74, 6) is -0.00903. The van der Waals surface area contributed by atoms with Crippen LogP contribution < -0.4 is 10.6 Å². The molecule has 0 spiro atoms. The van der Waals surface area contributed by atoms with Gasteiger partial charge in [-0.2, -0.15) is 0 Å². The first-order chi connectivity index (χ1) is 8.19. The summed E-state index contributed by atoms with van der Waals surface area (Å²) in [6, 6.07) is 5.71. The van der Waals surface area contributed by atoms with E-state index in [0.29, 0.717) is 30.7 Å². The Hall–Kier alpha value is -1.26. The average molecular weight is 255 g/mol. The van der Waals surface area contributed by atoms with Crippen LogP contribution in [0.2, 0.25) is 5.02 Å². The maximum absolute atomic E-state index is 11.3. The summed E-state index contributed by atoms with van der Waals surface area (Å²) < 4.78 is 5.08. The van der Waals surface area contributed by atoms with E-state index in [0.717, 1.165) is 11.4 Å². The first kappa shape index (κ1) is 12.2. The molecule has 1 heterocycles. The zero-order valence-corrected chi connectivity index (χ0v) is 10.4. The molecule has 1 fully saturated rings. The number of carbonyl (C=O) groups excluding carboxylic acids is 1. The van der Waals surface area contributed by atoms with Crippen molar-refractivity contribution in [2.45, 2.75) is 19.4 Å². The lowest BCUT2D eigenvalue weighted by Crippen LogP contribution is -2.40. The summed E-state index contributed by atoms with van der Waals surface area (Å²) >= 11 is 6.08. The molecule has 92 valence electrons. The summed E-state index contributed by atoms with van der Waals surface area (Å²) in [6.07, 6.45) is 0.460. The van der Waals surface area contributed by atoms with Crippen LogP contribution in [0.3, 0.4) is 0 Å². The van der Waals surface area contributed by atoms with Gasteiger partial charge in [0.1, 0.15) is 0 Å². The molecule has 17 heavy (non-hydrogen) atoms. The Morgan fingerprint density at radius 2 is 2.29 bits per heavy atom. The van der Waals surface area contributed by atoms with Crippen LogP contribution in [0.4, 0.5) is 11.4 Å². The van der Waals surface area contributed by atoms with Crippen molar-refractivity contribution in [3.63, 3.8) is 0 Å². The van der Waals surface area contributed by atoms with Crippen molar-refractivity contribution in [3.8, 4) is 0 Å². The summed E-state index contributed by atoms with van der Waals surface area (Å²) in [5.41, 5.74) is 1.58. The van der Waals surface area contributed by atoms with Crippen molar-refractivity contribution >= 4 is 28.9 Å². The number of benzene rings is 1. The highest BCUT2D eigenvalue weighted by atomic mass is 35.5. The molecule has 0 aliphatic carbocycles. The molecular formula is C12H15ClN2O2. The van der Waals surface area contributed by atoms with Crippen LogP contribution in [0.15, 0.2) is 18.2 Å². The van der Waals surface area contributed by atoms with Gasteiger partial charge in [0.15, 0.2) is 0 Å². The standard InChI is InChI=1S/C12H15ClN2O2/c1-2-12(16)15-8-3-4-10(13)11(5-8)14-9-6-17-7-9/h3-5,9,14H,2,6-7H2,1H3,(H,15,16). The second kappa shape index (κ2) is 5.38. The normalized spacial score (nSPS) is 15.2. The van der Waals surface area contributed by atoms with E-state index in [-0.39, 0.29) is 5.91 Å². The van der Waals surface area contributed by atoms with Crippen molar-refractivity contribution in [3.05, 3.63) is 23.2 Å². The van der Waals surface area contributed by atoms with E-state index >= 15 is 0 Å². The lowest BCUT2D eigenvalue weighted by molar-refractivity contribution is -0.115. The predicted octanol–water partition coefficient (Wildman–Crippen LogP) is 2.50. The topological polar surface area (TPSA) is 50.4 Å². The average Bonchev–Trinajstić information content (AvgIpc) is 2.27. The van der Waals surface area contributed by atoms with Crippen LogP contribution in [0.25, 0.3) is 0 Å². The Labute approximate surface area is 105 Å². The third kappa shape index (κ3) is 3.11. The minimum atomic E-state index is -0.00903. The molecule has 1 amide bonds. The van der Waals surface area contributed by atoms with Crippen molar-refractivity contribution in [2.24, 2.45) is 0 Å². The van der Waals surface area contributed by atoms with Gasteiger partial charge in [-0.25, -0.2) is 0 Å². The Balaban J connectivity index is 2.07. The fourth-order valence-corrected chi connectivity index (χ4v) is 1.67. The number of rotatable bonds is 4. The van der Waals surface area contributed by atoms with E-state index < -0.39 is 0 Å². The van der Waals surface area contributed by atoms with Gasteiger partial charge < -0.3 is 15.4 Å². The van der Waals surface area contributed by atoms with Gasteiger partial charge in [0.2, 0.25) is 5.91 Å². The number of ether oxygens (including phenoxy) is 1. The lowest BCUT2D eigenvalue weighted by atomic mass is 10.2. The Morgan fingerprint density at radius 3 is 2.88 bits per heavy atom. The van der Waals surface area contributed by atoms with Gasteiger partial charge in [-0.1, -0.05) is 18.5 Å². The molecule has 1 aromatic rings. The lowest BCUT2D eigenvalue weighted by Gasteiger charge is -2.28. The van der Waals surface area contributed by atoms with E-state index in [1.54, 1.807) is 12.1 Å². The van der Waals surface area contributed by atoms with Gasteiger partial charge in [0.05, 0.1) is 30.0 Å². The number of halogens is 1. The monoisotopic (exact) mass is 254 g/mol. The highest BCUT2D eigenvalue weighted by Crippen LogP contribution is 2.27. The van der Waals surface area contributed by atoms with Crippen molar-refractivity contribution in [1.29, 1.82) is 0 Å². The zero-order valence-electron chi connectivity index (χ0n) is 9.63. The number of nitrogens with one attached hydrogen (secondary N) is 2. The number of anilines is 2. The summed E-state index contributed by atoms with van der Waals surface area (Å²) in [6.45, 7) is 3.21. The zero-order chi connectivity index (χ0) is 12.3. The maximum atomic E-state index is 11.3. The van der Waals surface area contributed by atoms with Crippen molar-refractivity contribution in [2.75, 3.05) is 23.8 Å². The van der Waals surface area contributed by atoms with Gasteiger partial charge in [-0.15, -0.1) is 0 Å². The highest BCUT2D eigenvalue weighted by molar-refractivity contribution is 6.33. The van der Waals surface area contributed by atoms with Crippen LogP contribution >= 0.6 is 11.6 Å². The smallest absolute Gasteiger partial charge is 0.224 e. The fourth-order valence-electron chi connectivity index (χ4n) is 1.50. The van der Waals surface area contributed by atoms with Gasteiger partial charge in [0, 0.05) is 12.1 Å². The molecule has 4 nitrogen and oxygen atoms in total. The predicted molar refractivity (Wildman–Crippen MR) is 68.6 cm³/mol. The molecule has 2 rings (SSSR count). The third-order valence-corrected chi connectivity index (χ3v) is 2.90. The van der Waals surface area contributed by atoms with E-state index in [9.17, 15) is 4.79 Å². The van der Waals surface area contributed by atoms with Crippen LogP contribution in [0, 0.1) is 0 Å². The Morgan fingerprint density at radius 1 is 1.53 bits per heavy atom. The van der Waals surface area contributed by atoms with E-state index in [4.69, 9.17) is 16.3 Å². The molecule has 0 unspecified atom stereocenters. The number of hydrogen-bond donors (Lipinski definition) is 2. The molecule has 1 saturated heterocycles. The SMILES string of the molecule is CCC(=O)Nc1ccc(Cl)c(NC2COC2)c1. The molecule has 2 N–H and O–H groups in total. The molecule has 5 heteroatoms. The first-order valence-electron chi connectivity index (χ1n) is 5.62. The summed E-state index contributed by atoms with van der Waals surface area (Å²) in [5, 5.41) is 6.71. The molecule has 0 radical (unpaired) electrons. The second-order valence-electron chi connectivity index (χ2n) is 3.98.